The molecule has 3 aromatic rings. The molecule has 1 aromatic heterocycles. The fraction of sp³-hybridized carbons (Fsp3) is 0.320. The smallest absolute Gasteiger partial charge is 0.322 e. The van der Waals surface area contributed by atoms with Crippen LogP contribution in [0.4, 0.5) is 21.9 Å². The van der Waals surface area contributed by atoms with Crippen LogP contribution in [-0.2, 0) is 6.42 Å². The van der Waals surface area contributed by atoms with E-state index in [9.17, 15) is 9.59 Å². The lowest BCUT2D eigenvalue weighted by atomic mass is 9.95. The van der Waals surface area contributed by atoms with Crippen LogP contribution in [0.2, 0.25) is 0 Å². The zero-order chi connectivity index (χ0) is 24.5. The third kappa shape index (κ3) is 4.49. The number of anilines is 3. The Balaban J connectivity index is 1.54. The Morgan fingerprint density at radius 3 is 2.54 bits per heavy atom. The number of methoxy groups -OCH3 is 1. The summed E-state index contributed by atoms with van der Waals surface area (Å²) in [5, 5.41) is 3.23. The summed E-state index contributed by atoms with van der Waals surface area (Å²) < 4.78 is 5.21. The van der Waals surface area contributed by atoms with Crippen molar-refractivity contribution in [1.29, 1.82) is 0 Å². The van der Waals surface area contributed by atoms with Crippen LogP contribution in [-0.4, -0.2) is 48.6 Å². The Hall–Kier alpha value is -3.79. The van der Waals surface area contributed by atoms with Gasteiger partial charge in [0.25, 0.3) is 5.91 Å². The van der Waals surface area contributed by atoms with Crippen LogP contribution in [0.15, 0.2) is 42.5 Å². The van der Waals surface area contributed by atoms with E-state index in [1.807, 2.05) is 12.1 Å². The van der Waals surface area contributed by atoms with Gasteiger partial charge in [-0.15, -0.1) is 11.3 Å². The summed E-state index contributed by atoms with van der Waals surface area (Å²) in [5.41, 5.74) is 16.0. The van der Waals surface area contributed by atoms with Crippen molar-refractivity contribution in [3.8, 4) is 5.75 Å². The van der Waals surface area contributed by atoms with E-state index in [-0.39, 0.29) is 11.0 Å². The average Bonchev–Trinajstić information content (AvgIpc) is 3.55. The quantitative estimate of drug-likeness (QED) is 0.467. The number of benzene rings is 2. The molecule has 1 fully saturated rings. The molecule has 2 aliphatic heterocycles. The van der Waals surface area contributed by atoms with E-state index in [1.165, 1.54) is 11.3 Å². The van der Waals surface area contributed by atoms with Crippen LogP contribution in [0.1, 0.15) is 44.8 Å². The molecule has 1 saturated heterocycles. The van der Waals surface area contributed by atoms with Gasteiger partial charge in [0.15, 0.2) is 5.01 Å². The molecule has 0 aliphatic carbocycles. The van der Waals surface area contributed by atoms with E-state index in [2.05, 4.69) is 21.3 Å². The van der Waals surface area contributed by atoms with E-state index in [4.69, 9.17) is 16.2 Å². The first-order valence-electron chi connectivity index (χ1n) is 11.6. The highest BCUT2D eigenvalue weighted by atomic mass is 32.1. The van der Waals surface area contributed by atoms with Gasteiger partial charge in [-0.25, -0.2) is 9.78 Å². The summed E-state index contributed by atoms with van der Waals surface area (Å²) in [5.74, 6) is 0.134. The number of hydrogen-bond acceptors (Lipinski definition) is 7. The second kappa shape index (κ2) is 9.46. The van der Waals surface area contributed by atoms with Crippen molar-refractivity contribution in [2.75, 3.05) is 42.7 Å². The van der Waals surface area contributed by atoms with Crippen LogP contribution in [0.25, 0.3) is 0 Å². The predicted octanol–water partition coefficient (Wildman–Crippen LogP) is 3.61. The zero-order valence-corrected chi connectivity index (χ0v) is 20.3. The maximum absolute atomic E-state index is 13.5. The van der Waals surface area contributed by atoms with Gasteiger partial charge in [0.1, 0.15) is 5.75 Å². The van der Waals surface area contributed by atoms with Gasteiger partial charge < -0.3 is 31.3 Å². The molecular formula is C25H28N6O3S. The van der Waals surface area contributed by atoms with Crippen LogP contribution in [0, 0.1) is 0 Å². The third-order valence-corrected chi connectivity index (χ3v) is 7.69. The van der Waals surface area contributed by atoms with E-state index in [0.29, 0.717) is 30.1 Å². The number of ether oxygens (including phenoxy) is 1. The lowest BCUT2D eigenvalue weighted by molar-refractivity contribution is 0.0999. The number of aromatic nitrogens is 1. The maximum Gasteiger partial charge on any atom is 0.322 e. The largest absolute Gasteiger partial charge is 0.497 e. The minimum absolute atomic E-state index is 0.242. The predicted molar refractivity (Wildman–Crippen MR) is 137 cm³/mol. The number of amides is 3. The molecule has 0 saturated carbocycles. The van der Waals surface area contributed by atoms with Crippen LogP contribution >= 0.6 is 11.3 Å². The first-order chi connectivity index (χ1) is 16.9. The average molecular weight is 493 g/mol. The Morgan fingerprint density at radius 2 is 1.86 bits per heavy atom. The van der Waals surface area contributed by atoms with E-state index >= 15 is 0 Å². The highest BCUT2D eigenvalue weighted by Gasteiger charge is 2.37. The van der Waals surface area contributed by atoms with Gasteiger partial charge in [-0.3, -0.25) is 4.79 Å². The van der Waals surface area contributed by atoms with E-state index < -0.39 is 11.9 Å². The summed E-state index contributed by atoms with van der Waals surface area (Å²) >= 11 is 1.23. The minimum Gasteiger partial charge on any atom is -0.497 e. The monoisotopic (exact) mass is 492 g/mol. The maximum atomic E-state index is 13.5. The number of carbonyl (C=O) groups excluding carboxylic acids is 2. The normalized spacial score (nSPS) is 17.2. The fourth-order valence-corrected chi connectivity index (χ4v) is 5.82. The zero-order valence-electron chi connectivity index (χ0n) is 19.5. The SMILES string of the molecule is COc1ccc(NC(=O)N2CCc3nc(C(N)=O)sc3C2c2cc(N3CCCC3)ccc2N)cc1. The first kappa shape index (κ1) is 23.0. The Labute approximate surface area is 207 Å². The molecule has 0 radical (unpaired) electrons. The molecule has 2 aromatic carbocycles. The van der Waals surface area contributed by atoms with Crippen molar-refractivity contribution in [2.45, 2.75) is 25.3 Å². The van der Waals surface area contributed by atoms with Crippen molar-refractivity contribution in [3.05, 3.63) is 63.6 Å². The number of nitrogens with two attached hydrogens (primary N) is 2. The number of carbonyl (C=O) groups is 2. The molecule has 3 amide bonds. The number of nitrogen functional groups attached to an aromatic ring is 1. The van der Waals surface area contributed by atoms with Gasteiger partial charge in [0, 0.05) is 48.7 Å². The number of fused-ring (bicyclic) bond motifs is 1. The van der Waals surface area contributed by atoms with Crippen molar-refractivity contribution in [2.24, 2.45) is 5.73 Å². The molecule has 1 unspecified atom stereocenters. The molecule has 10 heteroatoms. The standard InChI is InChI=1S/C25H28N6O3S/c1-34-17-7-4-15(5-8-17)28-25(33)31-13-10-20-22(35-24(29-20)23(27)32)21(31)18-14-16(6-9-19(18)26)30-11-2-3-12-30/h4-9,14,21H,2-3,10-13,26H2,1H3,(H2,27,32)(H,28,33). The van der Waals surface area contributed by atoms with Gasteiger partial charge >= 0.3 is 6.03 Å². The summed E-state index contributed by atoms with van der Waals surface area (Å²) in [6.45, 7) is 2.41. The number of primary amides is 1. The van der Waals surface area contributed by atoms with Gasteiger partial charge in [0.05, 0.1) is 23.7 Å². The Morgan fingerprint density at radius 1 is 1.11 bits per heavy atom. The number of urea groups is 1. The van der Waals surface area contributed by atoms with Crippen molar-refractivity contribution in [3.63, 3.8) is 0 Å². The van der Waals surface area contributed by atoms with Gasteiger partial charge in [-0.1, -0.05) is 0 Å². The number of thiazole rings is 1. The summed E-state index contributed by atoms with van der Waals surface area (Å²) in [6.07, 6.45) is 2.83. The fourth-order valence-electron chi connectivity index (χ4n) is 4.73. The summed E-state index contributed by atoms with van der Waals surface area (Å²) in [7, 11) is 1.60. The Bertz CT molecular complexity index is 1250. The third-order valence-electron chi connectivity index (χ3n) is 6.53. The van der Waals surface area contributed by atoms with Gasteiger partial charge in [-0.2, -0.15) is 0 Å². The molecule has 5 N–H and O–H groups in total. The van der Waals surface area contributed by atoms with E-state index in [1.54, 1.807) is 36.3 Å². The molecule has 5 rings (SSSR count). The lowest BCUT2D eigenvalue weighted by Crippen LogP contribution is -2.42. The summed E-state index contributed by atoms with van der Waals surface area (Å²) in [6, 6.07) is 12.4. The van der Waals surface area contributed by atoms with Crippen LogP contribution in [0.3, 0.4) is 0 Å². The van der Waals surface area contributed by atoms with Crippen molar-refractivity contribution >= 4 is 40.3 Å². The molecule has 182 valence electrons. The lowest BCUT2D eigenvalue weighted by Gasteiger charge is -2.36. The topological polar surface area (TPSA) is 127 Å². The van der Waals surface area contributed by atoms with Crippen LogP contribution in [0.5, 0.6) is 5.75 Å². The second-order valence-electron chi connectivity index (χ2n) is 8.71. The highest BCUT2D eigenvalue weighted by Crippen LogP contribution is 2.42. The summed E-state index contributed by atoms with van der Waals surface area (Å²) in [4.78, 5) is 34.8. The molecule has 3 heterocycles. The first-order valence-corrected chi connectivity index (χ1v) is 12.4. The van der Waals surface area contributed by atoms with Gasteiger partial charge in [-0.05, 0) is 55.3 Å². The van der Waals surface area contributed by atoms with Crippen molar-refractivity contribution in [1.82, 2.24) is 9.88 Å². The number of rotatable bonds is 5. The minimum atomic E-state index is -0.573. The number of nitrogens with zero attached hydrogens (tertiary/aromatic N) is 3. The molecule has 0 spiro atoms. The Kier molecular flexibility index (Phi) is 6.21. The molecule has 35 heavy (non-hydrogen) atoms. The molecule has 2 aliphatic rings. The second-order valence-corrected chi connectivity index (χ2v) is 9.74. The molecular weight excluding hydrogens is 464 g/mol. The van der Waals surface area contributed by atoms with Crippen LogP contribution < -0.4 is 26.4 Å². The number of hydrogen-bond donors (Lipinski definition) is 3. The molecule has 0 bridgehead atoms. The molecule has 9 nitrogen and oxygen atoms in total. The van der Waals surface area contributed by atoms with Gasteiger partial charge in [0.2, 0.25) is 0 Å². The highest BCUT2D eigenvalue weighted by molar-refractivity contribution is 7.13. The van der Waals surface area contributed by atoms with Crippen molar-refractivity contribution < 1.29 is 14.3 Å². The van der Waals surface area contributed by atoms with E-state index in [0.717, 1.165) is 47.8 Å². The number of nitrogens with one attached hydrogen (secondary N) is 1. The molecule has 1 atom stereocenters.